The fourth-order valence-corrected chi connectivity index (χ4v) is 2.33. The molecule has 1 aromatic rings. The molecule has 1 saturated carbocycles. The van der Waals surface area contributed by atoms with E-state index in [1.54, 1.807) is 14.0 Å². The maximum atomic E-state index is 12.8. The normalized spacial score (nSPS) is 21.8. The zero-order valence-corrected chi connectivity index (χ0v) is 11.7. The van der Waals surface area contributed by atoms with E-state index in [0.29, 0.717) is 19.0 Å². The highest BCUT2D eigenvalue weighted by Crippen LogP contribution is 2.41. The van der Waals surface area contributed by atoms with Crippen molar-refractivity contribution in [1.82, 2.24) is 4.98 Å². The van der Waals surface area contributed by atoms with E-state index in [-0.39, 0.29) is 29.9 Å². The minimum atomic E-state index is -4.49. The lowest BCUT2D eigenvalue weighted by Crippen LogP contribution is -2.30. The summed E-state index contributed by atoms with van der Waals surface area (Å²) >= 11 is 0. The number of alkyl halides is 3. The molecular weight excluding hydrogens is 287 g/mol. The Morgan fingerprint density at radius 2 is 2.10 bits per heavy atom. The molecule has 0 amide bonds. The smallest absolute Gasteiger partial charge is 0.417 e. The van der Waals surface area contributed by atoms with Gasteiger partial charge in [0.2, 0.25) is 0 Å². The van der Waals surface area contributed by atoms with Gasteiger partial charge in [0.15, 0.2) is 5.69 Å². The molecular formula is C14H16F3NO3. The highest BCUT2D eigenvalue weighted by molar-refractivity contribution is 5.89. The molecule has 7 heteroatoms. The first-order valence-electron chi connectivity index (χ1n) is 6.63. The number of hydrogen-bond donors (Lipinski definition) is 0. The molecule has 1 aliphatic carbocycles. The average molecular weight is 303 g/mol. The molecule has 0 N–H and O–H groups in total. The predicted octanol–water partition coefficient (Wildman–Crippen LogP) is 3.17. The Balaban J connectivity index is 2.34. The van der Waals surface area contributed by atoms with E-state index in [1.807, 2.05) is 0 Å². The van der Waals surface area contributed by atoms with Crippen LogP contribution >= 0.6 is 0 Å². The maximum absolute atomic E-state index is 12.8. The Kier molecular flexibility index (Phi) is 4.51. The second-order valence-electron chi connectivity index (χ2n) is 4.91. The lowest BCUT2D eigenvalue weighted by molar-refractivity contribution is -0.137. The quantitative estimate of drug-likeness (QED) is 0.802. The third-order valence-corrected chi connectivity index (χ3v) is 3.58. The number of nitrogens with zero attached hydrogens (tertiary/aromatic N) is 1. The van der Waals surface area contributed by atoms with Crippen LogP contribution in [0, 0.1) is 0 Å². The second-order valence-corrected chi connectivity index (χ2v) is 4.91. The summed E-state index contributed by atoms with van der Waals surface area (Å²) in [5.74, 6) is -0.855. The molecule has 0 spiro atoms. The second kappa shape index (κ2) is 6.01. The van der Waals surface area contributed by atoms with E-state index in [2.05, 4.69) is 4.98 Å². The summed E-state index contributed by atoms with van der Waals surface area (Å²) < 4.78 is 48.4. The van der Waals surface area contributed by atoms with Gasteiger partial charge in [0.05, 0.1) is 18.3 Å². The lowest BCUT2D eigenvalue weighted by atomic mass is 9.76. The van der Waals surface area contributed by atoms with Gasteiger partial charge in [-0.05, 0) is 37.3 Å². The molecule has 0 unspecified atom stereocenters. The lowest BCUT2D eigenvalue weighted by Gasteiger charge is -2.35. The van der Waals surface area contributed by atoms with Crippen LogP contribution in [0.15, 0.2) is 12.3 Å². The van der Waals surface area contributed by atoms with E-state index in [4.69, 9.17) is 9.47 Å². The van der Waals surface area contributed by atoms with Crippen LogP contribution in [0.5, 0.6) is 0 Å². The fourth-order valence-electron chi connectivity index (χ4n) is 2.33. The van der Waals surface area contributed by atoms with Gasteiger partial charge in [-0.1, -0.05) is 0 Å². The number of pyridine rings is 1. The van der Waals surface area contributed by atoms with Crippen molar-refractivity contribution >= 4 is 5.97 Å². The average Bonchev–Trinajstić information content (AvgIpc) is 2.36. The first-order valence-corrected chi connectivity index (χ1v) is 6.63. The van der Waals surface area contributed by atoms with Crippen molar-refractivity contribution in [3.63, 3.8) is 0 Å². The van der Waals surface area contributed by atoms with E-state index < -0.39 is 17.7 Å². The van der Waals surface area contributed by atoms with Crippen LogP contribution in [-0.4, -0.2) is 30.8 Å². The minimum absolute atomic E-state index is 0.0135. The molecule has 0 radical (unpaired) electrons. The van der Waals surface area contributed by atoms with Gasteiger partial charge in [-0.15, -0.1) is 0 Å². The number of hydrogen-bond acceptors (Lipinski definition) is 4. The highest BCUT2D eigenvalue weighted by atomic mass is 19.4. The zero-order valence-electron chi connectivity index (χ0n) is 11.7. The zero-order chi connectivity index (χ0) is 15.6. The number of carbonyl (C=O) groups excluding carboxylic acids is 1. The number of halogens is 3. The molecule has 21 heavy (non-hydrogen) atoms. The summed E-state index contributed by atoms with van der Waals surface area (Å²) in [4.78, 5) is 15.5. The van der Waals surface area contributed by atoms with E-state index in [9.17, 15) is 18.0 Å². The van der Waals surface area contributed by atoms with Crippen LogP contribution in [0.25, 0.3) is 0 Å². The van der Waals surface area contributed by atoms with E-state index in [1.165, 1.54) is 0 Å². The Morgan fingerprint density at radius 3 is 2.62 bits per heavy atom. The number of esters is 1. The van der Waals surface area contributed by atoms with Crippen LogP contribution in [0.1, 0.15) is 47.3 Å². The van der Waals surface area contributed by atoms with Gasteiger partial charge in [0, 0.05) is 13.3 Å². The number of ether oxygens (including phenoxy) is 2. The molecule has 0 atom stereocenters. The summed E-state index contributed by atoms with van der Waals surface area (Å²) in [5.41, 5.74) is -0.604. The van der Waals surface area contributed by atoms with E-state index in [0.717, 1.165) is 6.07 Å². The summed E-state index contributed by atoms with van der Waals surface area (Å²) in [6.07, 6.45) is -2.65. The van der Waals surface area contributed by atoms with Crippen molar-refractivity contribution in [3.05, 3.63) is 29.1 Å². The Bertz CT molecular complexity index is 525. The molecule has 0 bridgehead atoms. The van der Waals surface area contributed by atoms with Crippen molar-refractivity contribution in [1.29, 1.82) is 0 Å². The van der Waals surface area contributed by atoms with Gasteiger partial charge in [-0.3, -0.25) is 0 Å². The number of aromatic nitrogens is 1. The molecule has 116 valence electrons. The molecule has 1 fully saturated rings. The third kappa shape index (κ3) is 3.34. The highest BCUT2D eigenvalue weighted by Gasteiger charge is 2.37. The number of rotatable bonds is 4. The van der Waals surface area contributed by atoms with Gasteiger partial charge in [-0.25, -0.2) is 9.78 Å². The van der Waals surface area contributed by atoms with Crippen molar-refractivity contribution in [3.8, 4) is 0 Å². The van der Waals surface area contributed by atoms with Crippen molar-refractivity contribution in [2.45, 2.75) is 38.0 Å². The van der Waals surface area contributed by atoms with Crippen molar-refractivity contribution in [2.75, 3.05) is 13.7 Å². The van der Waals surface area contributed by atoms with Gasteiger partial charge in [0.1, 0.15) is 0 Å². The Hall–Kier alpha value is -1.63. The first kappa shape index (κ1) is 15.8. The van der Waals surface area contributed by atoms with Gasteiger partial charge >= 0.3 is 12.1 Å². The summed E-state index contributed by atoms with van der Waals surface area (Å²) in [6, 6.07) is 0.996. The molecule has 0 aromatic carbocycles. The van der Waals surface area contributed by atoms with Crippen LogP contribution in [0.3, 0.4) is 0 Å². The SMILES string of the molecule is CCOC(=O)c1ncc(C(F)(F)F)cc1C1CC(OC)C1. The fraction of sp³-hybridized carbons (Fsp3) is 0.571. The van der Waals surface area contributed by atoms with Crippen LogP contribution in [-0.2, 0) is 15.7 Å². The number of methoxy groups -OCH3 is 1. The van der Waals surface area contributed by atoms with Crippen molar-refractivity contribution in [2.24, 2.45) is 0 Å². The van der Waals surface area contributed by atoms with Gasteiger partial charge < -0.3 is 9.47 Å². The molecule has 0 saturated heterocycles. The van der Waals surface area contributed by atoms with Crippen LogP contribution < -0.4 is 0 Å². The van der Waals surface area contributed by atoms with Crippen LogP contribution in [0.4, 0.5) is 13.2 Å². The summed E-state index contributed by atoms with van der Waals surface area (Å²) in [6.45, 7) is 1.78. The molecule has 4 nitrogen and oxygen atoms in total. The standard InChI is InChI=1S/C14H16F3NO3/c1-3-21-13(19)12-11(8-4-10(5-8)20-2)6-9(7-18-12)14(15,16)17/h6-8,10H,3-5H2,1-2H3. The number of carbonyl (C=O) groups is 1. The van der Waals surface area contributed by atoms with Gasteiger partial charge in [-0.2, -0.15) is 13.2 Å². The maximum Gasteiger partial charge on any atom is 0.417 e. The largest absolute Gasteiger partial charge is 0.461 e. The monoisotopic (exact) mass is 303 g/mol. The molecule has 2 rings (SSSR count). The molecule has 0 aliphatic heterocycles. The Labute approximate surface area is 120 Å². The topological polar surface area (TPSA) is 48.4 Å². The predicted molar refractivity (Wildman–Crippen MR) is 68.0 cm³/mol. The molecule has 1 aromatic heterocycles. The van der Waals surface area contributed by atoms with Crippen molar-refractivity contribution < 1.29 is 27.4 Å². The first-order chi connectivity index (χ1) is 9.86. The summed E-state index contributed by atoms with van der Waals surface area (Å²) in [5, 5.41) is 0. The third-order valence-electron chi connectivity index (χ3n) is 3.58. The minimum Gasteiger partial charge on any atom is -0.461 e. The Morgan fingerprint density at radius 1 is 1.43 bits per heavy atom. The van der Waals surface area contributed by atoms with Crippen LogP contribution in [0.2, 0.25) is 0 Å². The summed E-state index contributed by atoms with van der Waals surface area (Å²) in [7, 11) is 1.55. The molecule has 1 heterocycles. The molecule has 1 aliphatic rings. The van der Waals surface area contributed by atoms with Gasteiger partial charge in [0.25, 0.3) is 0 Å². The van der Waals surface area contributed by atoms with E-state index >= 15 is 0 Å².